The zero-order valence-corrected chi connectivity index (χ0v) is 10.7. The van der Waals surface area contributed by atoms with E-state index in [0.717, 1.165) is 12.2 Å². The second kappa shape index (κ2) is 3.84. The van der Waals surface area contributed by atoms with Crippen molar-refractivity contribution in [3.05, 3.63) is 11.9 Å². The summed E-state index contributed by atoms with van der Waals surface area (Å²) in [5.41, 5.74) is 1.23. The Balaban J connectivity index is 2.24. The second-order valence-electron chi connectivity index (χ2n) is 5.69. The van der Waals surface area contributed by atoms with Gasteiger partial charge in [-0.2, -0.15) is 0 Å². The third kappa shape index (κ3) is 1.86. The van der Waals surface area contributed by atoms with Crippen LogP contribution in [-0.4, -0.2) is 21.5 Å². The first-order chi connectivity index (χ1) is 7.48. The Morgan fingerprint density at radius 2 is 2.12 bits per heavy atom. The third-order valence-electron chi connectivity index (χ3n) is 3.39. The Kier molecular flexibility index (Phi) is 2.78. The van der Waals surface area contributed by atoms with E-state index in [1.54, 1.807) is 0 Å². The van der Waals surface area contributed by atoms with Crippen LogP contribution in [0.3, 0.4) is 0 Å². The van der Waals surface area contributed by atoms with E-state index in [1.807, 2.05) is 4.68 Å². The Bertz CT molecular complexity index is 357. The average molecular weight is 222 g/mol. The smallest absolute Gasteiger partial charge is 0.103 e. The highest BCUT2D eigenvalue weighted by molar-refractivity contribution is 5.15. The molecule has 0 saturated heterocycles. The standard InChI is InChI=1S/C12H22N4/c1-5-13-12(7-6-8-12)10-9-16(15-14-10)11(2,3)4/h9,13H,5-8H2,1-4H3. The molecule has 0 atom stereocenters. The van der Waals surface area contributed by atoms with Crippen LogP contribution in [0.1, 0.15) is 52.7 Å². The van der Waals surface area contributed by atoms with Crippen LogP contribution in [0.25, 0.3) is 0 Å². The fraction of sp³-hybridized carbons (Fsp3) is 0.833. The van der Waals surface area contributed by atoms with Gasteiger partial charge in [0.25, 0.3) is 0 Å². The van der Waals surface area contributed by atoms with Crippen LogP contribution < -0.4 is 5.32 Å². The predicted octanol–water partition coefficient (Wildman–Crippen LogP) is 2.02. The largest absolute Gasteiger partial charge is 0.306 e. The molecule has 0 unspecified atom stereocenters. The van der Waals surface area contributed by atoms with Crippen molar-refractivity contribution in [1.82, 2.24) is 20.3 Å². The number of nitrogens with one attached hydrogen (secondary N) is 1. The zero-order chi connectivity index (χ0) is 11.8. The molecule has 0 bridgehead atoms. The molecule has 1 aliphatic carbocycles. The topological polar surface area (TPSA) is 42.7 Å². The molecule has 0 spiro atoms. The van der Waals surface area contributed by atoms with Gasteiger partial charge in [-0.3, -0.25) is 0 Å². The highest BCUT2D eigenvalue weighted by Gasteiger charge is 2.40. The van der Waals surface area contributed by atoms with Crippen molar-refractivity contribution in [3.63, 3.8) is 0 Å². The summed E-state index contributed by atoms with van der Waals surface area (Å²) in [6.07, 6.45) is 5.75. The van der Waals surface area contributed by atoms with Gasteiger partial charge in [0.15, 0.2) is 0 Å². The van der Waals surface area contributed by atoms with Crippen LogP contribution >= 0.6 is 0 Å². The quantitative estimate of drug-likeness (QED) is 0.851. The zero-order valence-electron chi connectivity index (χ0n) is 10.7. The Labute approximate surface area is 97.4 Å². The molecule has 1 aromatic heterocycles. The summed E-state index contributed by atoms with van der Waals surface area (Å²) in [6.45, 7) is 9.57. The summed E-state index contributed by atoms with van der Waals surface area (Å²) >= 11 is 0. The van der Waals surface area contributed by atoms with Crippen molar-refractivity contribution in [1.29, 1.82) is 0 Å². The van der Waals surface area contributed by atoms with Gasteiger partial charge in [0.2, 0.25) is 0 Å². The van der Waals surface area contributed by atoms with E-state index < -0.39 is 0 Å². The molecule has 2 rings (SSSR count). The van der Waals surface area contributed by atoms with Crippen molar-refractivity contribution >= 4 is 0 Å². The Morgan fingerprint density at radius 3 is 2.50 bits per heavy atom. The monoisotopic (exact) mass is 222 g/mol. The van der Waals surface area contributed by atoms with Crippen molar-refractivity contribution in [2.24, 2.45) is 0 Å². The van der Waals surface area contributed by atoms with Crippen molar-refractivity contribution < 1.29 is 0 Å². The van der Waals surface area contributed by atoms with Gasteiger partial charge in [-0.25, -0.2) is 4.68 Å². The van der Waals surface area contributed by atoms with Gasteiger partial charge in [0.1, 0.15) is 5.69 Å². The highest BCUT2D eigenvalue weighted by Crippen LogP contribution is 2.40. The van der Waals surface area contributed by atoms with Crippen LogP contribution in [0.4, 0.5) is 0 Å². The van der Waals surface area contributed by atoms with E-state index in [9.17, 15) is 0 Å². The van der Waals surface area contributed by atoms with Crippen molar-refractivity contribution in [3.8, 4) is 0 Å². The van der Waals surface area contributed by atoms with Crippen LogP contribution in [0, 0.1) is 0 Å². The van der Waals surface area contributed by atoms with Crippen LogP contribution in [0.15, 0.2) is 6.20 Å². The molecular formula is C12H22N4. The molecule has 4 nitrogen and oxygen atoms in total. The van der Waals surface area contributed by atoms with Gasteiger partial charge in [0, 0.05) is 0 Å². The fourth-order valence-corrected chi connectivity index (χ4v) is 2.20. The lowest BCUT2D eigenvalue weighted by Gasteiger charge is -2.40. The number of nitrogens with zero attached hydrogens (tertiary/aromatic N) is 3. The number of rotatable bonds is 3. The number of hydrogen-bond donors (Lipinski definition) is 1. The average Bonchev–Trinajstić information content (AvgIpc) is 2.59. The SMILES string of the molecule is CCNC1(c2cn(C(C)(C)C)nn2)CCC1. The van der Waals surface area contributed by atoms with Gasteiger partial charge in [-0.15, -0.1) is 5.10 Å². The minimum Gasteiger partial charge on any atom is -0.306 e. The van der Waals surface area contributed by atoms with Crippen molar-refractivity contribution in [2.45, 2.75) is 58.0 Å². The Hall–Kier alpha value is -0.900. The van der Waals surface area contributed by atoms with Crippen LogP contribution in [0.5, 0.6) is 0 Å². The van der Waals surface area contributed by atoms with E-state index in [4.69, 9.17) is 0 Å². The maximum atomic E-state index is 4.35. The summed E-state index contributed by atoms with van der Waals surface area (Å²) in [5, 5.41) is 12.2. The molecule has 4 heteroatoms. The first-order valence-electron chi connectivity index (χ1n) is 6.16. The van der Waals surface area contributed by atoms with E-state index in [0.29, 0.717) is 0 Å². The molecule has 1 N–H and O–H groups in total. The molecule has 1 heterocycles. The minimum absolute atomic E-state index is 0.0163. The fourth-order valence-electron chi connectivity index (χ4n) is 2.20. The summed E-state index contributed by atoms with van der Waals surface area (Å²) in [7, 11) is 0. The lowest BCUT2D eigenvalue weighted by molar-refractivity contribution is 0.183. The molecule has 0 radical (unpaired) electrons. The molecule has 0 aromatic carbocycles. The van der Waals surface area contributed by atoms with Gasteiger partial charge in [-0.05, 0) is 46.6 Å². The normalized spacial score (nSPS) is 19.5. The number of aromatic nitrogens is 3. The van der Waals surface area contributed by atoms with Gasteiger partial charge >= 0.3 is 0 Å². The van der Waals surface area contributed by atoms with E-state index in [-0.39, 0.29) is 11.1 Å². The van der Waals surface area contributed by atoms with Gasteiger partial charge in [-0.1, -0.05) is 12.1 Å². The summed E-state index contributed by atoms with van der Waals surface area (Å²) in [5.74, 6) is 0. The lowest BCUT2D eigenvalue weighted by atomic mass is 9.74. The third-order valence-corrected chi connectivity index (χ3v) is 3.39. The van der Waals surface area contributed by atoms with Crippen LogP contribution in [0.2, 0.25) is 0 Å². The maximum Gasteiger partial charge on any atom is 0.103 e. The summed E-state index contributed by atoms with van der Waals surface area (Å²) < 4.78 is 1.96. The number of hydrogen-bond acceptors (Lipinski definition) is 3. The molecule has 1 aliphatic rings. The minimum atomic E-state index is 0.0163. The predicted molar refractivity (Wildman–Crippen MR) is 64.2 cm³/mol. The molecule has 16 heavy (non-hydrogen) atoms. The first-order valence-corrected chi connectivity index (χ1v) is 6.16. The van der Waals surface area contributed by atoms with E-state index in [1.165, 1.54) is 19.3 Å². The van der Waals surface area contributed by atoms with Gasteiger partial charge in [0.05, 0.1) is 17.3 Å². The molecular weight excluding hydrogens is 200 g/mol. The summed E-state index contributed by atoms with van der Waals surface area (Å²) in [6, 6.07) is 0. The second-order valence-corrected chi connectivity index (χ2v) is 5.69. The molecule has 1 fully saturated rings. The molecule has 90 valence electrons. The van der Waals surface area contributed by atoms with Gasteiger partial charge < -0.3 is 5.32 Å². The molecule has 1 aromatic rings. The van der Waals surface area contributed by atoms with Crippen LogP contribution in [-0.2, 0) is 11.1 Å². The van der Waals surface area contributed by atoms with Crippen molar-refractivity contribution in [2.75, 3.05) is 6.54 Å². The van der Waals surface area contributed by atoms with E-state index >= 15 is 0 Å². The molecule has 0 amide bonds. The van der Waals surface area contributed by atoms with E-state index in [2.05, 4.69) is 49.5 Å². The lowest BCUT2D eigenvalue weighted by Crippen LogP contribution is -2.48. The molecule has 1 saturated carbocycles. The maximum absolute atomic E-state index is 4.35. The molecule has 0 aliphatic heterocycles. The first kappa shape index (κ1) is 11.6. The Morgan fingerprint density at radius 1 is 1.44 bits per heavy atom. The summed E-state index contributed by atoms with van der Waals surface area (Å²) in [4.78, 5) is 0. The highest BCUT2D eigenvalue weighted by atomic mass is 15.4.